The van der Waals surface area contributed by atoms with Gasteiger partial charge in [0.05, 0.1) is 4.90 Å². The van der Waals surface area contributed by atoms with E-state index in [2.05, 4.69) is 30.0 Å². The summed E-state index contributed by atoms with van der Waals surface area (Å²) in [6.45, 7) is 0. The molecule has 1 aromatic carbocycles. The summed E-state index contributed by atoms with van der Waals surface area (Å²) in [5.41, 5.74) is 0. The third-order valence-corrected chi connectivity index (χ3v) is 5.39. The Labute approximate surface area is 123 Å². The molecule has 100 valence electrons. The van der Waals surface area contributed by atoms with Crippen LogP contribution in [0.2, 0.25) is 0 Å². The first-order chi connectivity index (χ1) is 9.04. The third kappa shape index (κ3) is 2.96. The number of nitrogens with zero attached hydrogens (tertiary/aromatic N) is 2. The summed E-state index contributed by atoms with van der Waals surface area (Å²) in [5.74, 6) is 1.17. The summed E-state index contributed by atoms with van der Waals surface area (Å²) < 4.78 is 31.7. The standard InChI is InChI=1S/C11H10BrN3O2S2/c12-8-3-5-9(6-4-8)19(16,17)15-11-13-10(14-18-11)7-1-2-7/h3-7H,1-2H2,(H,13,14,15). The van der Waals surface area contributed by atoms with Gasteiger partial charge in [0.15, 0.2) is 0 Å². The highest BCUT2D eigenvalue weighted by atomic mass is 79.9. The Kier molecular flexibility index (Phi) is 3.32. The van der Waals surface area contributed by atoms with Crippen molar-refractivity contribution in [3.05, 3.63) is 34.6 Å². The first-order valence-electron chi connectivity index (χ1n) is 5.66. The number of anilines is 1. The van der Waals surface area contributed by atoms with Gasteiger partial charge in [0, 0.05) is 21.9 Å². The zero-order valence-corrected chi connectivity index (χ0v) is 12.9. The molecule has 0 atom stereocenters. The first kappa shape index (κ1) is 13.0. The molecular formula is C11H10BrN3O2S2. The minimum Gasteiger partial charge on any atom is -0.253 e. The summed E-state index contributed by atoms with van der Waals surface area (Å²) in [4.78, 5) is 4.42. The molecule has 0 bridgehead atoms. The van der Waals surface area contributed by atoms with E-state index in [9.17, 15) is 8.42 Å². The molecule has 0 spiro atoms. The van der Waals surface area contributed by atoms with Gasteiger partial charge in [-0.2, -0.15) is 4.37 Å². The molecule has 5 nitrogen and oxygen atoms in total. The van der Waals surface area contributed by atoms with Gasteiger partial charge in [0.25, 0.3) is 10.0 Å². The highest BCUT2D eigenvalue weighted by Crippen LogP contribution is 2.39. The number of benzene rings is 1. The van der Waals surface area contributed by atoms with Gasteiger partial charge in [0.2, 0.25) is 5.13 Å². The molecule has 0 amide bonds. The summed E-state index contributed by atoms with van der Waals surface area (Å²) in [6.07, 6.45) is 2.19. The summed E-state index contributed by atoms with van der Waals surface area (Å²) in [7, 11) is -3.58. The number of rotatable bonds is 4. The van der Waals surface area contributed by atoms with Crippen molar-refractivity contribution in [3.63, 3.8) is 0 Å². The van der Waals surface area contributed by atoms with Gasteiger partial charge < -0.3 is 0 Å². The summed E-state index contributed by atoms with van der Waals surface area (Å²) in [5, 5.41) is 0.324. The molecule has 0 saturated heterocycles. The molecule has 8 heteroatoms. The predicted octanol–water partition coefficient (Wildman–Crippen LogP) is 2.98. The van der Waals surface area contributed by atoms with Crippen molar-refractivity contribution in [1.82, 2.24) is 9.36 Å². The fraction of sp³-hybridized carbons (Fsp3) is 0.273. The van der Waals surface area contributed by atoms with Crippen molar-refractivity contribution in [2.45, 2.75) is 23.7 Å². The van der Waals surface area contributed by atoms with Crippen LogP contribution in [0.4, 0.5) is 5.13 Å². The van der Waals surface area contributed by atoms with Gasteiger partial charge in [-0.25, -0.2) is 13.4 Å². The number of hydrogen-bond acceptors (Lipinski definition) is 5. The van der Waals surface area contributed by atoms with Crippen LogP contribution in [0.15, 0.2) is 33.6 Å². The van der Waals surface area contributed by atoms with Crippen LogP contribution >= 0.6 is 27.5 Å². The van der Waals surface area contributed by atoms with Crippen molar-refractivity contribution >= 4 is 42.6 Å². The minimum atomic E-state index is -3.58. The average molecular weight is 360 g/mol. The lowest BCUT2D eigenvalue weighted by Gasteiger charge is -2.04. The summed E-state index contributed by atoms with van der Waals surface area (Å²) >= 11 is 4.35. The van der Waals surface area contributed by atoms with Crippen LogP contribution in [0.25, 0.3) is 0 Å². The Bertz CT molecular complexity index is 693. The zero-order valence-electron chi connectivity index (χ0n) is 9.71. The predicted molar refractivity (Wildman–Crippen MR) is 76.8 cm³/mol. The Balaban J connectivity index is 1.81. The van der Waals surface area contributed by atoms with E-state index in [4.69, 9.17) is 0 Å². The zero-order chi connectivity index (χ0) is 13.5. The molecule has 0 aliphatic heterocycles. The van der Waals surface area contributed by atoms with E-state index in [1.807, 2.05) is 0 Å². The molecule has 0 radical (unpaired) electrons. The highest BCUT2D eigenvalue weighted by molar-refractivity contribution is 9.10. The van der Waals surface area contributed by atoms with E-state index in [0.717, 1.165) is 34.7 Å². The fourth-order valence-corrected chi connectivity index (χ4v) is 3.71. The number of hydrogen-bond donors (Lipinski definition) is 1. The van der Waals surface area contributed by atoms with Crippen molar-refractivity contribution in [1.29, 1.82) is 0 Å². The van der Waals surface area contributed by atoms with Crippen LogP contribution in [0, 0.1) is 0 Å². The molecule has 1 aliphatic carbocycles. The maximum atomic E-state index is 12.1. The number of sulfonamides is 1. The van der Waals surface area contributed by atoms with Crippen LogP contribution < -0.4 is 4.72 Å². The number of aromatic nitrogens is 2. The monoisotopic (exact) mass is 359 g/mol. The number of halogens is 1. The van der Waals surface area contributed by atoms with Gasteiger partial charge >= 0.3 is 0 Å². The maximum Gasteiger partial charge on any atom is 0.263 e. The molecule has 1 aliphatic rings. The fourth-order valence-electron chi connectivity index (χ4n) is 1.57. The quantitative estimate of drug-likeness (QED) is 0.910. The van der Waals surface area contributed by atoms with Crippen LogP contribution in [-0.2, 0) is 10.0 Å². The lowest BCUT2D eigenvalue weighted by Crippen LogP contribution is -2.12. The van der Waals surface area contributed by atoms with Crippen LogP contribution in [0.1, 0.15) is 24.6 Å². The van der Waals surface area contributed by atoms with Gasteiger partial charge in [-0.1, -0.05) is 15.9 Å². The summed E-state index contributed by atoms with van der Waals surface area (Å²) in [6, 6.07) is 6.44. The molecule has 1 N–H and O–H groups in total. The second-order valence-electron chi connectivity index (χ2n) is 4.29. The Hall–Kier alpha value is -0.990. The van der Waals surface area contributed by atoms with E-state index in [1.165, 1.54) is 12.1 Å². The van der Waals surface area contributed by atoms with Crippen LogP contribution in [-0.4, -0.2) is 17.8 Å². The average Bonchev–Trinajstić information content (AvgIpc) is 3.11. The largest absolute Gasteiger partial charge is 0.263 e. The van der Waals surface area contributed by atoms with E-state index >= 15 is 0 Å². The van der Waals surface area contributed by atoms with Gasteiger partial charge in [0.1, 0.15) is 5.82 Å². The molecule has 1 saturated carbocycles. The van der Waals surface area contributed by atoms with Crippen LogP contribution in [0.3, 0.4) is 0 Å². The molecule has 0 unspecified atom stereocenters. The Morgan fingerprint density at radius 1 is 1.26 bits per heavy atom. The van der Waals surface area contributed by atoms with E-state index < -0.39 is 10.0 Å². The van der Waals surface area contributed by atoms with Gasteiger partial charge in [-0.3, -0.25) is 4.72 Å². The molecule has 1 heterocycles. The lowest BCUT2D eigenvalue weighted by atomic mass is 10.4. The Morgan fingerprint density at radius 3 is 2.58 bits per heavy atom. The third-order valence-electron chi connectivity index (χ3n) is 2.73. The van der Waals surface area contributed by atoms with Crippen LogP contribution in [0.5, 0.6) is 0 Å². The van der Waals surface area contributed by atoms with E-state index in [1.54, 1.807) is 12.1 Å². The molecule has 2 aromatic rings. The molecule has 1 aromatic heterocycles. The normalized spacial score (nSPS) is 15.4. The van der Waals surface area contributed by atoms with E-state index in [0.29, 0.717) is 11.0 Å². The maximum absolute atomic E-state index is 12.1. The second-order valence-corrected chi connectivity index (χ2v) is 7.64. The van der Waals surface area contributed by atoms with Gasteiger partial charge in [-0.15, -0.1) is 0 Å². The molecule has 1 fully saturated rings. The van der Waals surface area contributed by atoms with Gasteiger partial charge in [-0.05, 0) is 37.1 Å². The van der Waals surface area contributed by atoms with E-state index in [-0.39, 0.29) is 4.90 Å². The lowest BCUT2D eigenvalue weighted by molar-refractivity contribution is 0.601. The van der Waals surface area contributed by atoms with Crippen molar-refractivity contribution in [3.8, 4) is 0 Å². The first-order valence-corrected chi connectivity index (χ1v) is 8.71. The highest BCUT2D eigenvalue weighted by Gasteiger charge is 2.28. The Morgan fingerprint density at radius 2 is 1.95 bits per heavy atom. The SMILES string of the molecule is O=S(=O)(Nc1nc(C2CC2)ns1)c1ccc(Br)cc1. The molecular weight excluding hydrogens is 350 g/mol. The molecule has 3 rings (SSSR count). The minimum absolute atomic E-state index is 0.207. The second kappa shape index (κ2) is 4.84. The van der Waals surface area contributed by atoms with Crippen molar-refractivity contribution in [2.24, 2.45) is 0 Å². The van der Waals surface area contributed by atoms with Crippen molar-refractivity contribution < 1.29 is 8.42 Å². The van der Waals surface area contributed by atoms with Crippen molar-refractivity contribution in [2.75, 3.05) is 4.72 Å². The molecule has 19 heavy (non-hydrogen) atoms. The smallest absolute Gasteiger partial charge is 0.253 e. The number of nitrogens with one attached hydrogen (secondary N) is 1. The topological polar surface area (TPSA) is 72.0 Å².